The number of aliphatic carboxylic acids is 1. The Labute approximate surface area is 184 Å². The Morgan fingerprint density at radius 3 is 1.94 bits per heavy atom. The molecule has 4 rings (SSSR count). The minimum atomic E-state index is -1.10. The molecule has 0 aromatic heterocycles. The fourth-order valence-corrected chi connectivity index (χ4v) is 4.07. The average Bonchev–Trinajstić information content (AvgIpc) is 3.11. The number of carbonyl (C=O) groups excluding carboxylic acids is 1. The van der Waals surface area contributed by atoms with E-state index in [0.717, 1.165) is 22.3 Å². The van der Waals surface area contributed by atoms with Crippen LogP contribution in [0.25, 0.3) is 11.1 Å². The minimum absolute atomic E-state index is 0.0731. The molecule has 0 saturated heterocycles. The molecule has 32 heavy (non-hydrogen) atoms. The zero-order valence-corrected chi connectivity index (χ0v) is 17.0. The van der Waals surface area contributed by atoms with Gasteiger partial charge in [-0.25, -0.2) is 9.59 Å². The number of fused-ring (bicyclic) bond motifs is 3. The molecular weight excluding hydrogens is 410 g/mol. The molecule has 1 unspecified atom stereocenters. The normalized spacial score (nSPS) is 13.0. The number of carboxylic acids is 2. The van der Waals surface area contributed by atoms with Crippen LogP contribution in [-0.4, -0.2) is 34.9 Å². The third-order valence-electron chi connectivity index (χ3n) is 5.57. The van der Waals surface area contributed by atoms with E-state index in [1.807, 2.05) is 48.5 Å². The summed E-state index contributed by atoms with van der Waals surface area (Å²) in [5.41, 5.74) is 4.93. The predicted octanol–water partition coefficient (Wildman–Crippen LogP) is 4.44. The zero-order valence-electron chi connectivity index (χ0n) is 17.0. The van der Waals surface area contributed by atoms with Crippen LogP contribution >= 0.6 is 0 Å². The van der Waals surface area contributed by atoms with Gasteiger partial charge in [-0.15, -0.1) is 0 Å². The second-order valence-corrected chi connectivity index (χ2v) is 7.55. The third kappa shape index (κ3) is 4.32. The maximum Gasteiger partial charge on any atom is 0.407 e. The summed E-state index contributed by atoms with van der Waals surface area (Å²) in [6.45, 7) is 0.109. The van der Waals surface area contributed by atoms with E-state index in [1.165, 1.54) is 24.3 Å². The maximum atomic E-state index is 12.5. The highest BCUT2D eigenvalue weighted by Gasteiger charge is 2.29. The van der Waals surface area contributed by atoms with Gasteiger partial charge in [-0.1, -0.05) is 60.7 Å². The van der Waals surface area contributed by atoms with Crippen molar-refractivity contribution in [1.29, 1.82) is 0 Å². The summed E-state index contributed by atoms with van der Waals surface area (Å²) < 4.78 is 5.50. The number of hydrogen-bond donors (Lipinski definition) is 3. The first-order valence-corrected chi connectivity index (χ1v) is 10.1. The number of alkyl carbamates (subject to hydrolysis) is 1. The lowest BCUT2D eigenvalue weighted by atomic mass is 9.98. The molecule has 1 aliphatic carbocycles. The Bertz CT molecular complexity index is 1130. The Hall–Kier alpha value is -4.13. The quantitative estimate of drug-likeness (QED) is 0.510. The fourth-order valence-electron chi connectivity index (χ4n) is 4.07. The summed E-state index contributed by atoms with van der Waals surface area (Å²) in [6, 6.07) is 20.8. The van der Waals surface area contributed by atoms with Gasteiger partial charge in [0.25, 0.3) is 0 Å². The summed E-state index contributed by atoms with van der Waals surface area (Å²) in [5, 5.41) is 20.9. The lowest BCUT2D eigenvalue weighted by Gasteiger charge is -2.19. The van der Waals surface area contributed by atoms with Crippen molar-refractivity contribution < 1.29 is 29.3 Å². The first kappa shape index (κ1) is 21.1. The number of carbonyl (C=O) groups is 3. The first-order valence-electron chi connectivity index (χ1n) is 10.1. The van der Waals surface area contributed by atoms with Crippen molar-refractivity contribution in [2.75, 3.05) is 6.61 Å². The van der Waals surface area contributed by atoms with Gasteiger partial charge in [-0.2, -0.15) is 0 Å². The van der Waals surface area contributed by atoms with Crippen LogP contribution in [-0.2, 0) is 9.53 Å². The molecule has 0 bridgehead atoms. The number of nitrogens with one attached hydrogen (secondary N) is 1. The second-order valence-electron chi connectivity index (χ2n) is 7.55. The first-order chi connectivity index (χ1) is 15.4. The highest BCUT2D eigenvalue weighted by Crippen LogP contribution is 2.44. The SMILES string of the molecule is O=C(O)CC(NC(=O)OCC1c2ccccc2-c2ccccc21)c1ccc(C(=O)O)cc1. The number of amides is 1. The van der Waals surface area contributed by atoms with E-state index in [4.69, 9.17) is 9.84 Å². The smallest absolute Gasteiger partial charge is 0.407 e. The van der Waals surface area contributed by atoms with E-state index in [9.17, 15) is 19.5 Å². The number of aromatic carboxylic acids is 1. The Kier molecular flexibility index (Phi) is 5.89. The van der Waals surface area contributed by atoms with Crippen LogP contribution in [0.1, 0.15) is 45.4 Å². The molecule has 1 atom stereocenters. The third-order valence-corrected chi connectivity index (χ3v) is 5.57. The molecule has 0 aliphatic heterocycles. The molecule has 3 aromatic rings. The largest absolute Gasteiger partial charge is 0.481 e. The van der Waals surface area contributed by atoms with Crippen LogP contribution in [0, 0.1) is 0 Å². The van der Waals surface area contributed by atoms with Gasteiger partial charge >= 0.3 is 18.0 Å². The van der Waals surface area contributed by atoms with Crippen molar-refractivity contribution in [2.45, 2.75) is 18.4 Å². The molecule has 7 heteroatoms. The van der Waals surface area contributed by atoms with Gasteiger partial charge in [-0.3, -0.25) is 4.79 Å². The molecule has 0 heterocycles. The Balaban J connectivity index is 1.47. The van der Waals surface area contributed by atoms with Crippen LogP contribution < -0.4 is 5.32 Å². The number of rotatable bonds is 7. The van der Waals surface area contributed by atoms with Crippen LogP contribution in [0.2, 0.25) is 0 Å². The van der Waals surface area contributed by atoms with E-state index in [1.54, 1.807) is 0 Å². The molecule has 0 fully saturated rings. The molecule has 7 nitrogen and oxygen atoms in total. The molecule has 1 aliphatic rings. The van der Waals surface area contributed by atoms with Crippen LogP contribution in [0.5, 0.6) is 0 Å². The van der Waals surface area contributed by atoms with E-state index in [2.05, 4.69) is 5.32 Å². The van der Waals surface area contributed by atoms with E-state index >= 15 is 0 Å². The summed E-state index contributed by atoms with van der Waals surface area (Å²) in [4.78, 5) is 34.9. The molecule has 3 N–H and O–H groups in total. The standard InChI is InChI=1S/C25H21NO6/c27-23(28)13-22(15-9-11-16(12-10-15)24(29)30)26-25(31)32-14-21-19-7-3-1-5-17(19)18-6-2-4-8-20(18)21/h1-12,21-22H,13-14H2,(H,26,31)(H,27,28)(H,29,30). The van der Waals surface area contributed by atoms with Crippen LogP contribution in [0.15, 0.2) is 72.8 Å². The van der Waals surface area contributed by atoms with Crippen LogP contribution in [0.4, 0.5) is 4.79 Å². The van der Waals surface area contributed by atoms with Crippen molar-refractivity contribution in [2.24, 2.45) is 0 Å². The molecule has 0 radical (unpaired) electrons. The lowest BCUT2D eigenvalue weighted by molar-refractivity contribution is -0.137. The Morgan fingerprint density at radius 2 is 1.41 bits per heavy atom. The van der Waals surface area contributed by atoms with Gasteiger partial charge in [0.1, 0.15) is 6.61 Å². The predicted molar refractivity (Wildman–Crippen MR) is 117 cm³/mol. The Morgan fingerprint density at radius 1 is 0.844 bits per heavy atom. The topological polar surface area (TPSA) is 113 Å². The van der Waals surface area contributed by atoms with E-state index in [0.29, 0.717) is 5.56 Å². The molecule has 162 valence electrons. The van der Waals surface area contributed by atoms with E-state index < -0.39 is 24.1 Å². The number of benzene rings is 3. The van der Waals surface area contributed by atoms with Crippen molar-refractivity contribution >= 4 is 18.0 Å². The molecule has 1 amide bonds. The van der Waals surface area contributed by atoms with Crippen LogP contribution in [0.3, 0.4) is 0 Å². The van der Waals surface area contributed by atoms with Gasteiger partial charge in [-0.05, 0) is 39.9 Å². The molecule has 0 saturated carbocycles. The van der Waals surface area contributed by atoms with Crippen molar-refractivity contribution in [3.8, 4) is 11.1 Å². The number of ether oxygens (including phenoxy) is 1. The van der Waals surface area contributed by atoms with Gasteiger partial charge in [0.15, 0.2) is 0 Å². The highest BCUT2D eigenvalue weighted by molar-refractivity contribution is 5.87. The zero-order chi connectivity index (χ0) is 22.7. The molecule has 3 aromatic carbocycles. The number of hydrogen-bond acceptors (Lipinski definition) is 4. The van der Waals surface area contributed by atoms with Gasteiger partial charge in [0, 0.05) is 5.92 Å². The fraction of sp³-hybridized carbons (Fsp3) is 0.160. The minimum Gasteiger partial charge on any atom is -0.481 e. The summed E-state index contributed by atoms with van der Waals surface area (Å²) >= 11 is 0. The second kappa shape index (κ2) is 8.93. The molecular formula is C25H21NO6. The maximum absolute atomic E-state index is 12.5. The highest BCUT2D eigenvalue weighted by atomic mass is 16.5. The summed E-state index contributed by atoms with van der Waals surface area (Å²) in [6.07, 6.45) is -1.10. The van der Waals surface area contributed by atoms with E-state index in [-0.39, 0.29) is 24.5 Å². The van der Waals surface area contributed by atoms with Gasteiger partial charge in [0.2, 0.25) is 0 Å². The van der Waals surface area contributed by atoms with Crippen molar-refractivity contribution in [3.05, 3.63) is 95.1 Å². The van der Waals surface area contributed by atoms with Crippen molar-refractivity contribution in [3.63, 3.8) is 0 Å². The lowest BCUT2D eigenvalue weighted by Crippen LogP contribution is -2.31. The monoisotopic (exact) mass is 431 g/mol. The summed E-state index contributed by atoms with van der Waals surface area (Å²) in [5.74, 6) is -2.30. The molecule has 0 spiro atoms. The number of carboxylic acid groups (broad SMARTS) is 2. The average molecular weight is 431 g/mol. The van der Waals surface area contributed by atoms with Gasteiger partial charge in [0.05, 0.1) is 18.0 Å². The van der Waals surface area contributed by atoms with Gasteiger partial charge < -0.3 is 20.3 Å². The van der Waals surface area contributed by atoms with Crippen molar-refractivity contribution in [1.82, 2.24) is 5.32 Å². The summed E-state index contributed by atoms with van der Waals surface area (Å²) in [7, 11) is 0.